The molecule has 1 N–H and O–H groups in total. The summed E-state index contributed by atoms with van der Waals surface area (Å²) in [6.07, 6.45) is 2.44. The van der Waals surface area contributed by atoms with Gasteiger partial charge in [0.15, 0.2) is 0 Å². The molecule has 1 saturated heterocycles. The first-order chi connectivity index (χ1) is 10.5. The van der Waals surface area contributed by atoms with Crippen molar-refractivity contribution in [2.75, 3.05) is 26.3 Å². The van der Waals surface area contributed by atoms with Gasteiger partial charge in [0, 0.05) is 19.2 Å². The molecular weight excluding hydrogens is 347 g/mol. The molecule has 1 aromatic carbocycles. The zero-order valence-electron chi connectivity index (χ0n) is 11.8. The minimum atomic E-state index is -1.62. The van der Waals surface area contributed by atoms with Crippen LogP contribution in [0.2, 0.25) is 0 Å². The second-order valence-corrected chi connectivity index (χ2v) is 7.21. The van der Waals surface area contributed by atoms with Crippen LogP contribution in [0.1, 0.15) is 5.56 Å². The Labute approximate surface area is 145 Å². The number of halogens is 3. The van der Waals surface area contributed by atoms with Crippen LogP contribution in [0.3, 0.4) is 0 Å². The molecule has 1 aliphatic rings. The highest BCUT2D eigenvalue weighted by Gasteiger charge is 2.38. The number of carbonyl (C=O) groups excluding carboxylic acids is 1. The fourth-order valence-electron chi connectivity index (χ4n) is 2.13. The molecule has 4 nitrogen and oxygen atoms in total. The summed E-state index contributed by atoms with van der Waals surface area (Å²) in [5.74, 6) is -0.313. The van der Waals surface area contributed by atoms with Crippen molar-refractivity contribution in [2.24, 2.45) is 0 Å². The number of rotatable bonds is 4. The monoisotopic (exact) mass is 362 g/mol. The minimum Gasteiger partial charge on any atom is -0.379 e. The van der Waals surface area contributed by atoms with Gasteiger partial charge < -0.3 is 10.1 Å². The number of hydrogen-bond acceptors (Lipinski definition) is 3. The fourth-order valence-corrected chi connectivity index (χ4v) is 2.71. The van der Waals surface area contributed by atoms with Gasteiger partial charge in [-0.25, -0.2) is 0 Å². The zero-order valence-corrected chi connectivity index (χ0v) is 14.1. The molecule has 1 fully saturated rings. The molecule has 0 spiro atoms. The third-order valence-corrected chi connectivity index (χ3v) is 3.85. The highest BCUT2D eigenvalue weighted by Crippen LogP contribution is 2.32. The van der Waals surface area contributed by atoms with Crippen molar-refractivity contribution in [2.45, 2.75) is 9.96 Å². The molecule has 0 saturated carbocycles. The third-order valence-electron chi connectivity index (χ3n) is 3.23. The van der Waals surface area contributed by atoms with Crippen LogP contribution in [0.15, 0.2) is 36.4 Å². The summed E-state index contributed by atoms with van der Waals surface area (Å²) in [4.78, 5) is 14.0. The highest BCUT2D eigenvalue weighted by molar-refractivity contribution is 6.68. The van der Waals surface area contributed by atoms with E-state index in [1.54, 1.807) is 6.08 Å². The first kappa shape index (κ1) is 17.6. The molecule has 0 bridgehead atoms. The van der Waals surface area contributed by atoms with Crippen LogP contribution in [-0.2, 0) is 9.53 Å². The van der Waals surface area contributed by atoms with Crippen molar-refractivity contribution < 1.29 is 9.53 Å². The van der Waals surface area contributed by atoms with Crippen LogP contribution in [0.25, 0.3) is 6.08 Å². The number of hydrogen-bond donors (Lipinski definition) is 1. The van der Waals surface area contributed by atoms with E-state index >= 15 is 0 Å². The number of nitrogens with one attached hydrogen (secondary N) is 1. The Bertz CT molecular complexity index is 511. The van der Waals surface area contributed by atoms with Gasteiger partial charge >= 0.3 is 0 Å². The van der Waals surface area contributed by atoms with Gasteiger partial charge in [0.2, 0.25) is 9.70 Å². The van der Waals surface area contributed by atoms with E-state index in [9.17, 15) is 4.79 Å². The molecule has 0 aromatic heterocycles. The Kier molecular flexibility index (Phi) is 6.53. The van der Waals surface area contributed by atoms with Crippen LogP contribution in [0.5, 0.6) is 0 Å². The largest absolute Gasteiger partial charge is 0.379 e. The molecular formula is C15H17Cl3N2O2. The number of ether oxygens (including phenoxy) is 1. The molecule has 1 aliphatic heterocycles. The molecule has 0 aliphatic carbocycles. The lowest BCUT2D eigenvalue weighted by atomic mass is 10.2. The predicted molar refractivity (Wildman–Crippen MR) is 90.1 cm³/mol. The Hall–Kier alpha value is -0.780. The number of amides is 1. The quantitative estimate of drug-likeness (QED) is 0.661. The molecule has 120 valence electrons. The number of morpholine rings is 1. The van der Waals surface area contributed by atoms with Crippen molar-refractivity contribution in [3.05, 3.63) is 42.0 Å². The van der Waals surface area contributed by atoms with Crippen molar-refractivity contribution in [1.29, 1.82) is 0 Å². The maximum Gasteiger partial charge on any atom is 0.245 e. The van der Waals surface area contributed by atoms with Gasteiger partial charge in [-0.3, -0.25) is 9.69 Å². The number of carbonyl (C=O) groups is 1. The number of benzene rings is 1. The van der Waals surface area contributed by atoms with Gasteiger partial charge in [-0.15, -0.1) is 0 Å². The predicted octanol–water partition coefficient (Wildman–Crippen LogP) is 2.84. The maximum atomic E-state index is 12.1. The number of nitrogens with zero attached hydrogens (tertiary/aromatic N) is 1. The Morgan fingerprint density at radius 1 is 1.23 bits per heavy atom. The van der Waals surface area contributed by atoms with Crippen LogP contribution >= 0.6 is 34.8 Å². The first-order valence-corrected chi connectivity index (χ1v) is 8.02. The Morgan fingerprint density at radius 2 is 1.86 bits per heavy atom. The zero-order chi connectivity index (χ0) is 16.0. The van der Waals surface area contributed by atoms with Gasteiger partial charge in [0.05, 0.1) is 13.2 Å². The van der Waals surface area contributed by atoms with Gasteiger partial charge in [0.1, 0.15) is 6.17 Å². The molecule has 0 radical (unpaired) electrons. The smallest absolute Gasteiger partial charge is 0.245 e. The third kappa shape index (κ3) is 5.45. The first-order valence-electron chi connectivity index (χ1n) is 6.89. The summed E-state index contributed by atoms with van der Waals surface area (Å²) < 4.78 is 3.66. The highest BCUT2D eigenvalue weighted by atomic mass is 35.6. The minimum absolute atomic E-state index is 0.313. The molecule has 1 amide bonds. The van der Waals surface area contributed by atoms with Crippen molar-refractivity contribution >= 4 is 46.8 Å². The standard InChI is InChI=1S/C15H17Cl3N2O2/c16-15(17,18)14(20-8-10-22-11-9-20)19-13(21)7-6-12-4-2-1-3-5-12/h1-7,14H,8-11H2,(H,19,21)/t14-/m1/s1. The summed E-state index contributed by atoms with van der Waals surface area (Å²) >= 11 is 18.0. The summed E-state index contributed by atoms with van der Waals surface area (Å²) in [7, 11) is 0. The molecule has 1 aromatic rings. The lowest BCUT2D eigenvalue weighted by Crippen LogP contribution is -2.58. The fraction of sp³-hybridized carbons (Fsp3) is 0.400. The van der Waals surface area contributed by atoms with Crippen LogP contribution in [-0.4, -0.2) is 47.1 Å². The SMILES string of the molecule is O=C(C=Cc1ccccc1)N[C@H](N1CCOCC1)C(Cl)(Cl)Cl. The van der Waals surface area contributed by atoms with Gasteiger partial charge in [-0.1, -0.05) is 65.1 Å². The summed E-state index contributed by atoms with van der Waals surface area (Å²) in [6, 6.07) is 9.51. The normalized spacial score (nSPS) is 18.3. The maximum absolute atomic E-state index is 12.1. The van der Waals surface area contributed by atoms with Crippen LogP contribution in [0, 0.1) is 0 Å². The van der Waals surface area contributed by atoms with Crippen molar-refractivity contribution in [3.8, 4) is 0 Å². The molecule has 2 rings (SSSR count). The number of alkyl halides is 3. The Morgan fingerprint density at radius 3 is 2.45 bits per heavy atom. The summed E-state index contributed by atoms with van der Waals surface area (Å²) in [5.41, 5.74) is 0.925. The second kappa shape index (κ2) is 8.18. The lowest BCUT2D eigenvalue weighted by molar-refractivity contribution is -0.119. The molecule has 7 heteroatoms. The van der Waals surface area contributed by atoms with E-state index < -0.39 is 9.96 Å². The summed E-state index contributed by atoms with van der Waals surface area (Å²) in [5, 5.41) is 2.75. The van der Waals surface area contributed by atoms with E-state index in [1.165, 1.54) is 6.08 Å². The molecule has 1 heterocycles. The van der Waals surface area contributed by atoms with Gasteiger partial charge in [-0.05, 0) is 11.6 Å². The van der Waals surface area contributed by atoms with Gasteiger partial charge in [-0.2, -0.15) is 0 Å². The van der Waals surface area contributed by atoms with E-state index in [1.807, 2.05) is 35.2 Å². The Balaban J connectivity index is 2.00. The molecule has 0 unspecified atom stereocenters. The average Bonchev–Trinajstić information content (AvgIpc) is 2.51. The van der Waals surface area contributed by atoms with Crippen molar-refractivity contribution in [1.82, 2.24) is 10.2 Å². The molecule has 1 atom stereocenters. The van der Waals surface area contributed by atoms with E-state index in [0.717, 1.165) is 5.56 Å². The van der Waals surface area contributed by atoms with Crippen LogP contribution in [0.4, 0.5) is 0 Å². The second-order valence-electron chi connectivity index (χ2n) is 4.85. The van der Waals surface area contributed by atoms with Crippen LogP contribution < -0.4 is 5.32 Å². The topological polar surface area (TPSA) is 41.6 Å². The lowest BCUT2D eigenvalue weighted by Gasteiger charge is -2.38. The average molecular weight is 364 g/mol. The van der Waals surface area contributed by atoms with E-state index in [-0.39, 0.29) is 5.91 Å². The van der Waals surface area contributed by atoms with E-state index in [4.69, 9.17) is 39.5 Å². The van der Waals surface area contributed by atoms with Crippen molar-refractivity contribution in [3.63, 3.8) is 0 Å². The van der Waals surface area contributed by atoms with E-state index in [2.05, 4.69) is 5.32 Å². The summed E-state index contributed by atoms with van der Waals surface area (Å²) in [6.45, 7) is 2.29. The molecule has 22 heavy (non-hydrogen) atoms. The van der Waals surface area contributed by atoms with E-state index in [0.29, 0.717) is 26.3 Å². The van der Waals surface area contributed by atoms with Gasteiger partial charge in [0.25, 0.3) is 0 Å².